The van der Waals surface area contributed by atoms with Gasteiger partial charge in [0.05, 0.1) is 25.8 Å². The van der Waals surface area contributed by atoms with Gasteiger partial charge in [-0.25, -0.2) is 4.39 Å². The van der Waals surface area contributed by atoms with Crippen LogP contribution in [0.2, 0.25) is 0 Å². The first-order valence-electron chi connectivity index (χ1n) is 13.5. The lowest BCUT2D eigenvalue weighted by molar-refractivity contribution is 0.300. The number of fused-ring (bicyclic) bond motifs is 3. The zero-order valence-electron chi connectivity index (χ0n) is 24.4. The lowest BCUT2D eigenvalue weighted by Crippen LogP contribution is -2.24. The Bertz CT molecular complexity index is 1650. The largest absolute Gasteiger partial charge is 0.487 e. The highest BCUT2D eigenvalue weighted by Crippen LogP contribution is 2.29. The van der Waals surface area contributed by atoms with Gasteiger partial charge in [-0.1, -0.05) is 6.07 Å². The summed E-state index contributed by atoms with van der Waals surface area (Å²) < 4.78 is 93.8. The number of halogens is 1. The Morgan fingerprint density at radius 1 is 1.33 bits per heavy atom. The van der Waals surface area contributed by atoms with Crippen LogP contribution >= 0.6 is 0 Å². The van der Waals surface area contributed by atoms with Crippen LogP contribution in [0, 0.1) is 5.82 Å². The maximum Gasteiger partial charge on any atom is 0.258 e. The summed E-state index contributed by atoms with van der Waals surface area (Å²) in [4.78, 5) is 16.6. The number of pyridine rings is 2. The molecule has 6 nitrogen and oxygen atoms in total. The van der Waals surface area contributed by atoms with E-state index in [4.69, 9.17) is 17.1 Å². The Hall–Kier alpha value is -3.45. The molecule has 5 rings (SSSR count). The third-order valence-corrected chi connectivity index (χ3v) is 4.75. The number of aryl methyl sites for hydroxylation is 1. The Labute approximate surface area is 185 Å². The summed E-state index contributed by atoms with van der Waals surface area (Å²) in [5.41, 5.74) is -0.510. The molecule has 1 aliphatic rings. The van der Waals surface area contributed by atoms with Crippen molar-refractivity contribution in [3.8, 4) is 11.4 Å². The molecule has 7 heteroatoms. The number of nitrogens with zero attached hydrogens (tertiary/aromatic N) is 3. The van der Waals surface area contributed by atoms with E-state index in [2.05, 4.69) is 10.3 Å². The monoisotopic (exact) mass is 413 g/mol. The molecule has 0 spiro atoms. The second-order valence-electron chi connectivity index (χ2n) is 6.60. The SMILES string of the molecule is [2H]C1([2H])Cc2c(c3ccc(-n4ccc(OC([2H])([2H])c5ccc(F)cn5)cc4=O)cc3n2C([2H])([2H])[2H])C([2H])([2H])N1. The van der Waals surface area contributed by atoms with Crippen molar-refractivity contribution >= 4 is 10.9 Å². The van der Waals surface area contributed by atoms with Crippen LogP contribution in [0.3, 0.4) is 0 Å². The average molecular weight is 413 g/mol. The smallest absolute Gasteiger partial charge is 0.258 e. The van der Waals surface area contributed by atoms with Crippen molar-refractivity contribution in [1.82, 2.24) is 19.4 Å². The van der Waals surface area contributed by atoms with Gasteiger partial charge in [-0.3, -0.25) is 14.3 Å². The normalized spacial score (nSPS) is 22.1. The van der Waals surface area contributed by atoms with E-state index in [1.807, 2.05) is 0 Å². The van der Waals surface area contributed by atoms with E-state index in [0.717, 1.165) is 29.0 Å². The topological polar surface area (TPSA) is 61.1 Å². The summed E-state index contributed by atoms with van der Waals surface area (Å²) in [6.07, 6.45) is 1.75. The predicted octanol–water partition coefficient (Wildman–Crippen LogP) is 3.09. The minimum absolute atomic E-state index is 0.0105. The van der Waals surface area contributed by atoms with E-state index in [-0.39, 0.29) is 45.7 Å². The van der Waals surface area contributed by atoms with Gasteiger partial charge >= 0.3 is 0 Å². The van der Waals surface area contributed by atoms with Gasteiger partial charge in [-0.05, 0) is 35.9 Å². The van der Waals surface area contributed by atoms with Gasteiger partial charge < -0.3 is 14.6 Å². The maximum atomic E-state index is 13.1. The molecule has 0 aliphatic carbocycles. The van der Waals surface area contributed by atoms with Crippen molar-refractivity contribution < 1.29 is 21.5 Å². The zero-order chi connectivity index (χ0) is 28.5. The summed E-state index contributed by atoms with van der Waals surface area (Å²) in [5.74, 6) is -0.776. The first kappa shape index (κ1) is 11.1. The molecule has 0 amide bonds. The number of aromatic nitrogens is 3. The van der Waals surface area contributed by atoms with E-state index in [0.29, 0.717) is 0 Å². The molecular formula is C23H21FN4O2. The molecular weight excluding hydrogens is 383 g/mol. The standard InChI is InChI=1S/C23H21FN4O2/c1-27-21-6-8-25-13-20(21)19-5-4-17(10-22(19)27)28-9-7-18(11-23(28)29)30-14-16-3-2-15(24)12-26-16/h2-5,7,9-12,25H,6,8,13-14H2,1H3/i1D3,8D2,13D2,14D2. The first-order valence-corrected chi connectivity index (χ1v) is 9.00. The number of rotatable bonds is 4. The van der Waals surface area contributed by atoms with Gasteiger partial charge in [-0.15, -0.1) is 0 Å². The van der Waals surface area contributed by atoms with Gasteiger partial charge in [-0.2, -0.15) is 0 Å². The van der Waals surface area contributed by atoms with Crippen LogP contribution < -0.4 is 15.6 Å². The van der Waals surface area contributed by atoms with Gasteiger partial charge in [0.1, 0.15) is 18.1 Å². The van der Waals surface area contributed by atoms with Gasteiger partial charge in [0.15, 0.2) is 0 Å². The molecule has 3 aromatic heterocycles. The quantitative estimate of drug-likeness (QED) is 0.559. The highest BCUT2D eigenvalue weighted by molar-refractivity contribution is 5.87. The van der Waals surface area contributed by atoms with Crippen LogP contribution in [0.25, 0.3) is 16.6 Å². The van der Waals surface area contributed by atoms with Gasteiger partial charge in [0, 0.05) is 59.3 Å². The molecule has 0 atom stereocenters. The Balaban J connectivity index is 1.58. The Kier molecular flexibility index (Phi) is 2.74. The van der Waals surface area contributed by atoms with Crippen LogP contribution in [0.5, 0.6) is 5.75 Å². The van der Waals surface area contributed by atoms with Crippen molar-refractivity contribution in [2.45, 2.75) is 19.5 Å². The van der Waals surface area contributed by atoms with Gasteiger partial charge in [0.2, 0.25) is 0 Å². The summed E-state index contributed by atoms with van der Waals surface area (Å²) >= 11 is 0. The predicted molar refractivity (Wildman–Crippen MR) is 112 cm³/mol. The second-order valence-corrected chi connectivity index (χ2v) is 6.60. The molecule has 4 heterocycles. The number of hydrogen-bond donors (Lipinski definition) is 1. The van der Waals surface area contributed by atoms with E-state index in [9.17, 15) is 9.18 Å². The third-order valence-electron chi connectivity index (χ3n) is 4.75. The van der Waals surface area contributed by atoms with E-state index in [1.54, 1.807) is 0 Å². The number of nitrogens with one attached hydrogen (secondary N) is 1. The van der Waals surface area contributed by atoms with Crippen LogP contribution in [-0.2, 0) is 26.5 Å². The molecule has 1 N–H and O–H groups in total. The fourth-order valence-electron chi connectivity index (χ4n) is 3.31. The minimum atomic E-state index is -2.77. The Morgan fingerprint density at radius 2 is 2.27 bits per heavy atom. The van der Waals surface area contributed by atoms with Crippen LogP contribution in [0.1, 0.15) is 29.3 Å². The molecule has 30 heavy (non-hydrogen) atoms. The van der Waals surface area contributed by atoms with Crippen molar-refractivity contribution in [2.24, 2.45) is 6.98 Å². The van der Waals surface area contributed by atoms with Crippen LogP contribution in [-0.4, -0.2) is 20.6 Å². The molecule has 0 saturated heterocycles. The van der Waals surface area contributed by atoms with Crippen LogP contribution in [0.4, 0.5) is 4.39 Å². The van der Waals surface area contributed by atoms with Crippen molar-refractivity contribution in [1.29, 1.82) is 0 Å². The number of benzene rings is 1. The van der Waals surface area contributed by atoms with E-state index < -0.39 is 37.9 Å². The van der Waals surface area contributed by atoms with Gasteiger partial charge in [0.25, 0.3) is 5.56 Å². The molecule has 0 bridgehead atoms. The summed E-state index contributed by atoms with van der Waals surface area (Å²) in [7, 11) is 0. The van der Waals surface area contributed by atoms with E-state index in [1.165, 1.54) is 35.0 Å². The number of hydrogen-bond acceptors (Lipinski definition) is 4. The summed E-state index contributed by atoms with van der Waals surface area (Å²) in [6.45, 7) is -9.79. The fraction of sp³-hybridized carbons (Fsp3) is 0.217. The van der Waals surface area contributed by atoms with Crippen molar-refractivity contribution in [3.63, 3.8) is 0 Å². The highest BCUT2D eigenvalue weighted by atomic mass is 19.1. The summed E-state index contributed by atoms with van der Waals surface area (Å²) in [5, 5.41) is 2.54. The van der Waals surface area contributed by atoms with Crippen molar-refractivity contribution in [3.05, 3.63) is 88.0 Å². The minimum Gasteiger partial charge on any atom is -0.487 e. The van der Waals surface area contributed by atoms with Crippen molar-refractivity contribution in [2.75, 3.05) is 6.50 Å². The third kappa shape index (κ3) is 3.27. The summed E-state index contributed by atoms with van der Waals surface area (Å²) in [6, 6.07) is 8.86. The zero-order valence-corrected chi connectivity index (χ0v) is 15.4. The second kappa shape index (κ2) is 7.42. The van der Waals surface area contributed by atoms with Crippen LogP contribution in [0.15, 0.2) is 59.7 Å². The lowest BCUT2D eigenvalue weighted by Gasteiger charge is -2.14. The molecule has 1 aromatic carbocycles. The fourth-order valence-corrected chi connectivity index (χ4v) is 3.31. The molecule has 0 fully saturated rings. The average Bonchev–Trinajstić information content (AvgIpc) is 3.11. The molecule has 4 aromatic rings. The molecule has 1 aliphatic heterocycles. The van der Waals surface area contributed by atoms with E-state index >= 15 is 0 Å². The lowest BCUT2D eigenvalue weighted by atomic mass is 10.1. The molecule has 0 radical (unpaired) electrons. The Morgan fingerprint density at radius 3 is 3.07 bits per heavy atom. The first-order chi connectivity index (χ1) is 18.0. The molecule has 152 valence electrons. The number of ether oxygens (including phenoxy) is 1. The molecule has 0 saturated carbocycles. The molecule has 0 unspecified atom stereocenters. The highest BCUT2D eigenvalue weighted by Gasteiger charge is 2.18. The maximum absolute atomic E-state index is 13.1.